The number of rotatable bonds is 0. The van der Waals surface area contributed by atoms with Crippen LogP contribution in [-0.4, -0.2) is 5.11 Å². The molecule has 0 fully saturated rings. The average Bonchev–Trinajstić information content (AvgIpc) is 2.49. The van der Waals surface area contributed by atoms with Gasteiger partial charge in [0.1, 0.15) is 5.75 Å². The van der Waals surface area contributed by atoms with Crippen molar-refractivity contribution in [3.05, 3.63) is 53.1 Å². The van der Waals surface area contributed by atoms with Crippen LogP contribution in [0, 0.1) is 6.92 Å². The van der Waals surface area contributed by atoms with Gasteiger partial charge in [-0.2, -0.15) is 0 Å². The molecule has 24 heavy (non-hydrogen) atoms. The quantitative estimate of drug-likeness (QED) is 0.462. The average molecular weight is 320 g/mol. The first kappa shape index (κ1) is 16.8. The van der Waals surface area contributed by atoms with Gasteiger partial charge in [0.15, 0.2) is 0 Å². The Morgan fingerprint density at radius 3 is 1.38 bits per heavy atom. The largest absolute Gasteiger partial charge is 0.507 e. The highest BCUT2D eigenvalue weighted by Crippen LogP contribution is 2.45. The Balaban J connectivity index is 2.63. The van der Waals surface area contributed by atoms with Crippen LogP contribution in [0.4, 0.5) is 0 Å². The van der Waals surface area contributed by atoms with Gasteiger partial charge in [-0.05, 0) is 45.2 Å². The summed E-state index contributed by atoms with van der Waals surface area (Å²) in [6, 6.07) is 12.8. The molecule has 0 aromatic heterocycles. The van der Waals surface area contributed by atoms with Crippen LogP contribution >= 0.6 is 0 Å². The van der Waals surface area contributed by atoms with Gasteiger partial charge in [-0.3, -0.25) is 0 Å². The minimum absolute atomic E-state index is 0.0201. The summed E-state index contributed by atoms with van der Waals surface area (Å²) in [7, 11) is 0. The Bertz CT molecular complexity index is 859. The van der Waals surface area contributed by atoms with E-state index in [0.29, 0.717) is 5.75 Å². The number of phenols is 1. The van der Waals surface area contributed by atoms with Gasteiger partial charge in [0, 0.05) is 10.8 Å². The zero-order valence-corrected chi connectivity index (χ0v) is 15.9. The van der Waals surface area contributed by atoms with Crippen molar-refractivity contribution in [1.29, 1.82) is 0 Å². The fraction of sp³-hybridized carbons (Fsp3) is 0.391. The molecule has 1 heteroatoms. The van der Waals surface area contributed by atoms with Crippen molar-refractivity contribution in [2.75, 3.05) is 0 Å². The lowest BCUT2D eigenvalue weighted by molar-refractivity contribution is 0.483. The third-order valence-corrected chi connectivity index (χ3v) is 5.03. The van der Waals surface area contributed by atoms with E-state index in [1.54, 1.807) is 0 Å². The summed E-state index contributed by atoms with van der Waals surface area (Å²) in [6.07, 6.45) is 0. The summed E-state index contributed by atoms with van der Waals surface area (Å²) in [4.78, 5) is 0. The van der Waals surface area contributed by atoms with Crippen molar-refractivity contribution in [3.8, 4) is 5.75 Å². The number of aromatic hydroxyl groups is 1. The number of aryl methyl sites for hydroxylation is 1. The lowest BCUT2D eigenvalue weighted by Crippen LogP contribution is -2.13. The van der Waals surface area contributed by atoms with Gasteiger partial charge in [0.05, 0.1) is 0 Å². The van der Waals surface area contributed by atoms with Crippen LogP contribution in [0.25, 0.3) is 21.5 Å². The molecule has 0 spiro atoms. The third-order valence-electron chi connectivity index (χ3n) is 5.03. The summed E-state index contributed by atoms with van der Waals surface area (Å²) >= 11 is 0. The summed E-state index contributed by atoms with van der Waals surface area (Å²) in [5.74, 6) is 0.432. The van der Waals surface area contributed by atoms with Gasteiger partial charge in [0.2, 0.25) is 0 Å². The molecule has 1 nitrogen and oxygen atoms in total. The Labute approximate surface area is 145 Å². The van der Waals surface area contributed by atoms with Crippen molar-refractivity contribution in [2.45, 2.75) is 59.3 Å². The van der Waals surface area contributed by atoms with E-state index in [0.717, 1.165) is 21.5 Å². The molecule has 0 aliphatic heterocycles. The van der Waals surface area contributed by atoms with E-state index in [-0.39, 0.29) is 10.8 Å². The number of fused-ring (bicyclic) bond motifs is 2. The molecule has 0 aliphatic carbocycles. The summed E-state index contributed by atoms with van der Waals surface area (Å²) in [6.45, 7) is 15.4. The van der Waals surface area contributed by atoms with E-state index in [4.69, 9.17) is 0 Å². The van der Waals surface area contributed by atoms with Gasteiger partial charge in [0.25, 0.3) is 0 Å². The molecule has 0 heterocycles. The molecule has 0 bridgehead atoms. The normalized spacial score (nSPS) is 13.0. The molecule has 0 saturated heterocycles. The van der Waals surface area contributed by atoms with E-state index in [1.165, 1.54) is 16.7 Å². The van der Waals surface area contributed by atoms with Gasteiger partial charge >= 0.3 is 0 Å². The van der Waals surface area contributed by atoms with E-state index < -0.39 is 0 Å². The van der Waals surface area contributed by atoms with Crippen LogP contribution in [0.5, 0.6) is 5.75 Å². The fourth-order valence-corrected chi connectivity index (χ4v) is 3.76. The maximum Gasteiger partial charge on any atom is 0.131 e. The first-order valence-corrected chi connectivity index (χ1v) is 8.71. The van der Waals surface area contributed by atoms with E-state index >= 15 is 0 Å². The lowest BCUT2D eigenvalue weighted by Gasteiger charge is -2.26. The Morgan fingerprint density at radius 1 is 0.667 bits per heavy atom. The first-order chi connectivity index (χ1) is 11.0. The second-order valence-electron chi connectivity index (χ2n) is 8.93. The van der Waals surface area contributed by atoms with Crippen LogP contribution in [0.1, 0.15) is 58.2 Å². The Kier molecular flexibility index (Phi) is 3.67. The summed E-state index contributed by atoms with van der Waals surface area (Å²) in [5, 5.41) is 15.6. The number of hydrogen-bond acceptors (Lipinski definition) is 1. The van der Waals surface area contributed by atoms with Gasteiger partial charge in [-0.25, -0.2) is 0 Å². The molecule has 0 atom stereocenters. The zero-order valence-electron chi connectivity index (χ0n) is 15.9. The Hall–Kier alpha value is -2.02. The van der Waals surface area contributed by atoms with E-state index in [2.05, 4.69) is 84.9 Å². The maximum atomic E-state index is 11.3. The molecule has 0 saturated carbocycles. The summed E-state index contributed by atoms with van der Waals surface area (Å²) in [5.41, 5.74) is 3.61. The van der Waals surface area contributed by atoms with Crippen molar-refractivity contribution < 1.29 is 5.11 Å². The third kappa shape index (κ3) is 2.47. The second-order valence-corrected chi connectivity index (χ2v) is 8.93. The minimum atomic E-state index is -0.0201. The predicted molar refractivity (Wildman–Crippen MR) is 105 cm³/mol. The standard InChI is InChI=1S/C23H28O/c1-14-15-10-8-12-17(22(2,3)4)19(15)21(24)20-16(14)11-9-13-18(20)23(5,6)7/h8-13,24H,1-7H3. The van der Waals surface area contributed by atoms with Gasteiger partial charge in [-0.15, -0.1) is 0 Å². The van der Waals surface area contributed by atoms with Crippen molar-refractivity contribution in [1.82, 2.24) is 0 Å². The smallest absolute Gasteiger partial charge is 0.131 e. The van der Waals surface area contributed by atoms with Crippen molar-refractivity contribution in [2.24, 2.45) is 0 Å². The van der Waals surface area contributed by atoms with Crippen LogP contribution in [0.15, 0.2) is 36.4 Å². The van der Waals surface area contributed by atoms with Crippen molar-refractivity contribution in [3.63, 3.8) is 0 Å². The van der Waals surface area contributed by atoms with Crippen molar-refractivity contribution >= 4 is 21.5 Å². The van der Waals surface area contributed by atoms with E-state index in [9.17, 15) is 5.11 Å². The van der Waals surface area contributed by atoms with Crippen LogP contribution in [-0.2, 0) is 10.8 Å². The minimum Gasteiger partial charge on any atom is -0.507 e. The molecule has 0 amide bonds. The highest BCUT2D eigenvalue weighted by Gasteiger charge is 2.25. The monoisotopic (exact) mass is 320 g/mol. The van der Waals surface area contributed by atoms with Gasteiger partial charge < -0.3 is 5.11 Å². The Morgan fingerprint density at radius 2 is 1.04 bits per heavy atom. The number of benzene rings is 3. The number of hydrogen-bond donors (Lipinski definition) is 1. The lowest BCUT2D eigenvalue weighted by atomic mass is 9.78. The molecule has 0 radical (unpaired) electrons. The molecule has 3 aromatic carbocycles. The predicted octanol–water partition coefficient (Wildman–Crippen LogP) is 6.60. The number of phenolic OH excluding ortho intramolecular Hbond substituents is 1. The molecule has 3 rings (SSSR count). The highest BCUT2D eigenvalue weighted by atomic mass is 16.3. The van der Waals surface area contributed by atoms with Gasteiger partial charge in [-0.1, -0.05) is 77.9 Å². The zero-order chi connectivity index (χ0) is 17.9. The SMILES string of the molecule is Cc1c2cccc(C(C)(C)C)c2c(O)c2c(C(C)(C)C)cccc12. The molecule has 1 N–H and O–H groups in total. The first-order valence-electron chi connectivity index (χ1n) is 8.71. The topological polar surface area (TPSA) is 20.2 Å². The maximum absolute atomic E-state index is 11.3. The summed E-state index contributed by atoms with van der Waals surface area (Å²) < 4.78 is 0. The second kappa shape index (κ2) is 5.24. The molecule has 0 aliphatic rings. The molecular weight excluding hydrogens is 292 g/mol. The molecular formula is C23H28O. The van der Waals surface area contributed by atoms with Crippen LogP contribution < -0.4 is 0 Å². The highest BCUT2D eigenvalue weighted by molar-refractivity contribution is 6.10. The fourth-order valence-electron chi connectivity index (χ4n) is 3.76. The van der Waals surface area contributed by atoms with E-state index in [1.807, 2.05) is 0 Å². The molecule has 3 aromatic rings. The molecule has 0 unspecified atom stereocenters. The molecule has 126 valence electrons. The van der Waals surface area contributed by atoms with Crippen LogP contribution in [0.2, 0.25) is 0 Å². The van der Waals surface area contributed by atoms with Crippen LogP contribution in [0.3, 0.4) is 0 Å².